The van der Waals surface area contributed by atoms with E-state index in [0.717, 1.165) is 111 Å². The SMILES string of the molecule is N#Cc1ccc2c(c1)c1ccccc1n2-c1ccc2c(c1)c1cc(-n3c4ccccc4c4cc(C#N)ccc43)ccc1n2-c1ccc(-c2cc(-c3ccccc3)nc(-c3ccccc3)n2)cc1. The number of aromatic nitrogens is 5. The number of hydrogen-bond acceptors (Lipinski definition) is 4. The van der Waals surface area contributed by atoms with Crippen molar-refractivity contribution in [3.63, 3.8) is 0 Å². The number of hydrogen-bond donors (Lipinski definition) is 0. The molecule has 13 aromatic rings. The Morgan fingerprint density at radius 1 is 0.299 bits per heavy atom. The number of nitriles is 2. The molecular formula is C60H35N7. The Bertz CT molecular complexity index is 3970. The van der Waals surface area contributed by atoms with Crippen LogP contribution in [-0.4, -0.2) is 23.7 Å². The second-order valence-electron chi connectivity index (χ2n) is 16.9. The molecule has 0 spiro atoms. The molecule has 0 amide bonds. The summed E-state index contributed by atoms with van der Waals surface area (Å²) in [4.78, 5) is 10.1. The van der Waals surface area contributed by atoms with E-state index in [4.69, 9.17) is 9.97 Å². The summed E-state index contributed by atoms with van der Waals surface area (Å²) in [5, 5.41) is 26.2. The highest BCUT2D eigenvalue weighted by Gasteiger charge is 2.20. The van der Waals surface area contributed by atoms with Crippen LogP contribution >= 0.6 is 0 Å². The van der Waals surface area contributed by atoms with E-state index in [-0.39, 0.29) is 0 Å². The largest absolute Gasteiger partial charge is 0.309 e. The van der Waals surface area contributed by atoms with Gasteiger partial charge in [0.25, 0.3) is 0 Å². The number of benzene rings is 9. The van der Waals surface area contributed by atoms with Crippen molar-refractivity contribution in [2.24, 2.45) is 0 Å². The van der Waals surface area contributed by atoms with Crippen LogP contribution in [0.3, 0.4) is 0 Å². The fourth-order valence-electron chi connectivity index (χ4n) is 10.0. The summed E-state index contributed by atoms with van der Waals surface area (Å²) in [5.41, 5.74) is 15.4. The average molecular weight is 854 g/mol. The van der Waals surface area contributed by atoms with Crippen LogP contribution in [0.25, 0.3) is 116 Å². The van der Waals surface area contributed by atoms with Crippen molar-refractivity contribution in [3.05, 3.63) is 223 Å². The van der Waals surface area contributed by atoms with Crippen LogP contribution < -0.4 is 0 Å². The molecule has 7 heteroatoms. The van der Waals surface area contributed by atoms with Crippen LogP contribution in [0.4, 0.5) is 0 Å². The first kappa shape index (κ1) is 37.9. The Hall–Kier alpha value is -9.56. The normalized spacial score (nSPS) is 11.6. The Labute approximate surface area is 384 Å². The van der Waals surface area contributed by atoms with Gasteiger partial charge in [-0.05, 0) is 103 Å². The van der Waals surface area contributed by atoms with Crippen LogP contribution in [0.2, 0.25) is 0 Å². The van der Waals surface area contributed by atoms with E-state index in [1.807, 2.05) is 72.8 Å². The van der Waals surface area contributed by atoms with Gasteiger partial charge in [-0.2, -0.15) is 10.5 Å². The molecule has 67 heavy (non-hydrogen) atoms. The molecule has 310 valence electrons. The zero-order chi connectivity index (χ0) is 44.6. The summed E-state index contributed by atoms with van der Waals surface area (Å²) >= 11 is 0. The number of rotatable bonds is 6. The molecule has 0 N–H and O–H groups in total. The summed E-state index contributed by atoms with van der Waals surface area (Å²) in [5.74, 6) is 0.678. The molecule has 0 aliphatic rings. The smallest absolute Gasteiger partial charge is 0.160 e. The predicted molar refractivity (Wildman–Crippen MR) is 271 cm³/mol. The Morgan fingerprint density at radius 3 is 1.16 bits per heavy atom. The summed E-state index contributed by atoms with van der Waals surface area (Å²) < 4.78 is 6.97. The van der Waals surface area contributed by atoms with Crippen LogP contribution in [0, 0.1) is 22.7 Å². The van der Waals surface area contributed by atoms with Gasteiger partial charge in [0.05, 0.1) is 67.8 Å². The van der Waals surface area contributed by atoms with Crippen LogP contribution in [0.15, 0.2) is 212 Å². The van der Waals surface area contributed by atoms with Crippen molar-refractivity contribution >= 4 is 65.4 Å². The molecule has 0 aliphatic heterocycles. The van der Waals surface area contributed by atoms with E-state index in [0.29, 0.717) is 17.0 Å². The second kappa shape index (κ2) is 15.0. The Kier molecular flexibility index (Phi) is 8.51. The molecule has 13 rings (SSSR count). The van der Waals surface area contributed by atoms with Crippen molar-refractivity contribution in [3.8, 4) is 63.1 Å². The van der Waals surface area contributed by atoms with Gasteiger partial charge in [-0.1, -0.05) is 109 Å². The van der Waals surface area contributed by atoms with E-state index < -0.39 is 0 Å². The van der Waals surface area contributed by atoms with Crippen LogP contribution in [0.1, 0.15) is 11.1 Å². The van der Waals surface area contributed by atoms with Crippen molar-refractivity contribution in [2.75, 3.05) is 0 Å². The topological polar surface area (TPSA) is 88.1 Å². The highest BCUT2D eigenvalue weighted by Crippen LogP contribution is 2.40. The van der Waals surface area contributed by atoms with Crippen molar-refractivity contribution < 1.29 is 0 Å². The molecule has 7 nitrogen and oxygen atoms in total. The van der Waals surface area contributed by atoms with E-state index in [1.165, 1.54) is 0 Å². The van der Waals surface area contributed by atoms with Gasteiger partial charge in [0.1, 0.15) is 0 Å². The third-order valence-electron chi connectivity index (χ3n) is 13.1. The maximum absolute atomic E-state index is 9.84. The molecule has 4 heterocycles. The lowest BCUT2D eigenvalue weighted by atomic mass is 10.1. The Morgan fingerprint density at radius 2 is 0.672 bits per heavy atom. The van der Waals surface area contributed by atoms with Gasteiger partial charge in [-0.15, -0.1) is 0 Å². The lowest BCUT2D eigenvalue weighted by Gasteiger charge is -2.12. The molecule has 0 saturated heterocycles. The molecule has 4 aromatic heterocycles. The minimum Gasteiger partial charge on any atom is -0.309 e. The first-order valence-corrected chi connectivity index (χ1v) is 22.2. The lowest BCUT2D eigenvalue weighted by Crippen LogP contribution is -1.98. The lowest BCUT2D eigenvalue weighted by molar-refractivity contribution is 1.16. The zero-order valence-corrected chi connectivity index (χ0v) is 35.8. The quantitative estimate of drug-likeness (QED) is 0.167. The van der Waals surface area contributed by atoms with Crippen molar-refractivity contribution in [1.29, 1.82) is 10.5 Å². The van der Waals surface area contributed by atoms with E-state index in [2.05, 4.69) is 165 Å². The first-order valence-electron chi connectivity index (χ1n) is 22.2. The van der Waals surface area contributed by atoms with E-state index in [9.17, 15) is 10.5 Å². The molecule has 0 atom stereocenters. The fourth-order valence-corrected chi connectivity index (χ4v) is 10.0. The summed E-state index contributed by atoms with van der Waals surface area (Å²) in [6.07, 6.45) is 0. The van der Waals surface area contributed by atoms with Crippen molar-refractivity contribution in [1.82, 2.24) is 23.7 Å². The average Bonchev–Trinajstić information content (AvgIpc) is 4.03. The summed E-state index contributed by atoms with van der Waals surface area (Å²) in [6.45, 7) is 0. The van der Waals surface area contributed by atoms with E-state index >= 15 is 0 Å². The van der Waals surface area contributed by atoms with Crippen LogP contribution in [0.5, 0.6) is 0 Å². The highest BCUT2D eigenvalue weighted by atomic mass is 15.0. The van der Waals surface area contributed by atoms with Gasteiger partial charge >= 0.3 is 0 Å². The molecule has 0 radical (unpaired) electrons. The van der Waals surface area contributed by atoms with E-state index in [1.54, 1.807) is 0 Å². The fraction of sp³-hybridized carbons (Fsp3) is 0. The maximum atomic E-state index is 9.84. The van der Waals surface area contributed by atoms with Gasteiger partial charge in [-0.25, -0.2) is 9.97 Å². The standard InChI is InChI=1S/C60H35N7/c61-36-38-19-27-56-48(31-38)46-15-7-9-17-54(46)66(56)44-25-29-58-50(33-44)51-34-45(67-55-18-10-8-16-47(55)49-32-39(37-62)20-28-57(49)67)26-30-59(51)65(58)43-23-21-41(22-24-43)53-35-52(40-11-3-1-4-12-40)63-60(64-53)42-13-5-2-6-14-42/h1-35H. The molecule has 0 aliphatic carbocycles. The monoisotopic (exact) mass is 853 g/mol. The minimum atomic E-state index is 0.634. The highest BCUT2D eigenvalue weighted by molar-refractivity contribution is 6.14. The molecule has 9 aromatic carbocycles. The second-order valence-corrected chi connectivity index (χ2v) is 16.9. The van der Waals surface area contributed by atoms with Gasteiger partial charge in [0.2, 0.25) is 0 Å². The molecule has 0 bridgehead atoms. The number of nitrogens with zero attached hydrogens (tertiary/aromatic N) is 7. The van der Waals surface area contributed by atoms with Gasteiger partial charge < -0.3 is 13.7 Å². The minimum absolute atomic E-state index is 0.634. The number of para-hydroxylation sites is 2. The molecular weight excluding hydrogens is 819 g/mol. The van der Waals surface area contributed by atoms with Gasteiger partial charge in [0, 0.05) is 66.1 Å². The van der Waals surface area contributed by atoms with Crippen LogP contribution in [-0.2, 0) is 0 Å². The molecule has 0 unspecified atom stereocenters. The molecule has 0 fully saturated rings. The Balaban J connectivity index is 1.02. The first-order chi connectivity index (χ1) is 33.1. The zero-order valence-electron chi connectivity index (χ0n) is 35.8. The summed E-state index contributed by atoms with van der Waals surface area (Å²) in [6, 6.07) is 78.0. The van der Waals surface area contributed by atoms with Crippen molar-refractivity contribution in [2.45, 2.75) is 0 Å². The number of fused-ring (bicyclic) bond motifs is 9. The van der Waals surface area contributed by atoms with Gasteiger partial charge in [-0.3, -0.25) is 0 Å². The van der Waals surface area contributed by atoms with Gasteiger partial charge in [0.15, 0.2) is 5.82 Å². The third kappa shape index (κ3) is 6.04. The predicted octanol–water partition coefficient (Wildman–Crippen LogP) is 14.5. The third-order valence-corrected chi connectivity index (χ3v) is 13.1. The molecule has 0 saturated carbocycles. The summed E-state index contributed by atoms with van der Waals surface area (Å²) in [7, 11) is 0. The maximum Gasteiger partial charge on any atom is 0.160 e.